The van der Waals surface area contributed by atoms with Crippen LogP contribution < -0.4 is 10.6 Å². The molecule has 88 valence electrons. The topological polar surface area (TPSA) is 42.2 Å². The molecule has 0 saturated carbocycles. The lowest BCUT2D eigenvalue weighted by Crippen LogP contribution is -2.42. The molecule has 2 unspecified atom stereocenters. The van der Waals surface area contributed by atoms with E-state index in [1.807, 2.05) is 6.07 Å². The number of pyridine rings is 1. The lowest BCUT2D eigenvalue weighted by Gasteiger charge is -2.38. The van der Waals surface area contributed by atoms with Gasteiger partial charge >= 0.3 is 0 Å². The minimum absolute atomic E-state index is 0.490. The van der Waals surface area contributed by atoms with Gasteiger partial charge in [0.25, 0.3) is 0 Å². The molecule has 1 aromatic rings. The van der Waals surface area contributed by atoms with Gasteiger partial charge in [-0.3, -0.25) is 0 Å². The van der Waals surface area contributed by atoms with Gasteiger partial charge in [0, 0.05) is 12.6 Å². The zero-order valence-corrected chi connectivity index (χ0v) is 10.5. The molecule has 1 saturated heterocycles. The normalized spacial score (nSPS) is 25.8. The largest absolute Gasteiger partial charge is 0.396 e. The summed E-state index contributed by atoms with van der Waals surface area (Å²) in [7, 11) is 0. The quantitative estimate of drug-likeness (QED) is 0.767. The molecule has 1 fully saturated rings. The Bertz CT molecular complexity index is 381. The maximum absolute atomic E-state index is 5.97. The number of nitrogen functional groups attached to an aromatic ring is 1. The summed E-state index contributed by atoms with van der Waals surface area (Å²) in [5.74, 6) is 1.53. The number of hydrogen-bond donors (Lipinski definition) is 1. The van der Waals surface area contributed by atoms with Crippen LogP contribution in [0, 0.1) is 5.92 Å². The van der Waals surface area contributed by atoms with Crippen LogP contribution in [0.25, 0.3) is 0 Å². The van der Waals surface area contributed by atoms with Crippen molar-refractivity contribution in [3.05, 3.63) is 17.3 Å². The van der Waals surface area contributed by atoms with E-state index in [9.17, 15) is 0 Å². The fourth-order valence-electron chi connectivity index (χ4n) is 2.25. The Balaban J connectivity index is 2.30. The average molecular weight is 240 g/mol. The molecular weight excluding hydrogens is 222 g/mol. The van der Waals surface area contributed by atoms with Gasteiger partial charge in [-0.1, -0.05) is 18.5 Å². The Morgan fingerprint density at radius 2 is 2.12 bits per heavy atom. The first kappa shape index (κ1) is 11.5. The Hall–Kier alpha value is -0.960. The zero-order chi connectivity index (χ0) is 11.7. The van der Waals surface area contributed by atoms with E-state index in [1.54, 1.807) is 6.07 Å². The molecule has 2 atom stereocenters. The smallest absolute Gasteiger partial charge is 0.153 e. The number of nitrogens with two attached hydrogens (primary N) is 1. The summed E-state index contributed by atoms with van der Waals surface area (Å²) in [4.78, 5) is 6.62. The molecule has 0 aliphatic carbocycles. The Morgan fingerprint density at radius 1 is 1.38 bits per heavy atom. The predicted octanol–water partition coefficient (Wildman–Crippen LogP) is 2.94. The van der Waals surface area contributed by atoms with Gasteiger partial charge in [-0.25, -0.2) is 4.98 Å². The molecule has 2 rings (SSSR count). The van der Waals surface area contributed by atoms with E-state index in [-0.39, 0.29) is 0 Å². The van der Waals surface area contributed by atoms with Crippen LogP contribution in [0.5, 0.6) is 0 Å². The Labute approximate surface area is 102 Å². The van der Waals surface area contributed by atoms with E-state index in [0.29, 0.717) is 22.8 Å². The van der Waals surface area contributed by atoms with E-state index >= 15 is 0 Å². The van der Waals surface area contributed by atoms with Crippen molar-refractivity contribution < 1.29 is 0 Å². The lowest BCUT2D eigenvalue weighted by molar-refractivity contribution is 0.388. The van der Waals surface area contributed by atoms with Crippen LogP contribution in [0.4, 0.5) is 11.5 Å². The van der Waals surface area contributed by atoms with Gasteiger partial charge in [0.2, 0.25) is 0 Å². The van der Waals surface area contributed by atoms with E-state index < -0.39 is 0 Å². The number of aromatic nitrogens is 1. The third-order valence-corrected chi connectivity index (χ3v) is 3.47. The first-order chi connectivity index (χ1) is 7.58. The monoisotopic (exact) mass is 239 g/mol. The van der Waals surface area contributed by atoms with Gasteiger partial charge in [-0.05, 0) is 37.8 Å². The molecule has 1 aliphatic rings. The van der Waals surface area contributed by atoms with E-state index in [4.69, 9.17) is 17.3 Å². The molecule has 3 nitrogen and oxygen atoms in total. The molecule has 1 aromatic heterocycles. The molecule has 4 heteroatoms. The van der Waals surface area contributed by atoms with E-state index in [2.05, 4.69) is 23.7 Å². The number of rotatable bonds is 1. The van der Waals surface area contributed by atoms with E-state index in [1.165, 1.54) is 12.8 Å². The Kier molecular flexibility index (Phi) is 3.24. The number of piperidine rings is 1. The number of halogens is 1. The third-order valence-electron chi connectivity index (χ3n) is 3.26. The highest BCUT2D eigenvalue weighted by molar-refractivity contribution is 6.29. The third kappa shape index (κ3) is 2.24. The van der Waals surface area contributed by atoms with Crippen molar-refractivity contribution in [1.29, 1.82) is 0 Å². The minimum atomic E-state index is 0.490. The molecule has 0 aromatic carbocycles. The first-order valence-electron chi connectivity index (χ1n) is 5.76. The van der Waals surface area contributed by atoms with Crippen LogP contribution in [-0.4, -0.2) is 17.6 Å². The molecule has 2 heterocycles. The SMILES string of the molecule is CC1CCC(C)N(c2nc(Cl)ccc2N)C1. The highest BCUT2D eigenvalue weighted by Gasteiger charge is 2.25. The van der Waals surface area contributed by atoms with Crippen LogP contribution in [0.15, 0.2) is 12.1 Å². The van der Waals surface area contributed by atoms with Gasteiger partial charge in [0.1, 0.15) is 5.15 Å². The van der Waals surface area contributed by atoms with Crippen LogP contribution in [-0.2, 0) is 0 Å². The predicted molar refractivity (Wildman–Crippen MR) is 68.9 cm³/mol. The first-order valence-corrected chi connectivity index (χ1v) is 6.14. The van der Waals surface area contributed by atoms with Crippen molar-refractivity contribution in [2.75, 3.05) is 17.2 Å². The molecular formula is C12H18ClN3. The van der Waals surface area contributed by atoms with Gasteiger partial charge in [-0.2, -0.15) is 0 Å². The zero-order valence-electron chi connectivity index (χ0n) is 9.78. The fourth-order valence-corrected chi connectivity index (χ4v) is 2.39. The summed E-state index contributed by atoms with van der Waals surface area (Å²) in [6.07, 6.45) is 2.47. The summed E-state index contributed by atoms with van der Waals surface area (Å²) in [5, 5.41) is 0.509. The summed E-state index contributed by atoms with van der Waals surface area (Å²) in [6, 6.07) is 4.05. The number of hydrogen-bond acceptors (Lipinski definition) is 3. The number of anilines is 2. The van der Waals surface area contributed by atoms with Gasteiger partial charge in [-0.15, -0.1) is 0 Å². The van der Waals surface area contributed by atoms with Crippen LogP contribution in [0.3, 0.4) is 0 Å². The van der Waals surface area contributed by atoms with E-state index in [0.717, 1.165) is 12.4 Å². The maximum Gasteiger partial charge on any atom is 0.153 e. The molecule has 16 heavy (non-hydrogen) atoms. The van der Waals surface area contributed by atoms with Crippen molar-refractivity contribution in [2.45, 2.75) is 32.7 Å². The molecule has 2 N–H and O–H groups in total. The van der Waals surface area contributed by atoms with Crippen LogP contribution in [0.2, 0.25) is 5.15 Å². The van der Waals surface area contributed by atoms with Crippen LogP contribution in [0.1, 0.15) is 26.7 Å². The second-order valence-corrected chi connectivity index (χ2v) is 5.12. The van der Waals surface area contributed by atoms with Crippen molar-refractivity contribution >= 4 is 23.1 Å². The maximum atomic E-state index is 5.97. The van der Waals surface area contributed by atoms with Crippen molar-refractivity contribution in [1.82, 2.24) is 4.98 Å². The highest BCUT2D eigenvalue weighted by Crippen LogP contribution is 2.30. The standard InChI is InChI=1S/C12H18ClN3/c1-8-3-4-9(2)16(7-8)12-10(14)5-6-11(13)15-12/h5-6,8-9H,3-4,7,14H2,1-2H3. The molecule has 1 aliphatic heterocycles. The fraction of sp³-hybridized carbons (Fsp3) is 0.583. The lowest BCUT2D eigenvalue weighted by atomic mass is 9.95. The van der Waals surface area contributed by atoms with Crippen molar-refractivity contribution in [2.24, 2.45) is 5.92 Å². The average Bonchev–Trinajstić information content (AvgIpc) is 2.25. The summed E-state index contributed by atoms with van der Waals surface area (Å²) < 4.78 is 0. The summed E-state index contributed by atoms with van der Waals surface area (Å²) in [6.45, 7) is 5.49. The van der Waals surface area contributed by atoms with Crippen LogP contribution >= 0.6 is 11.6 Å². The van der Waals surface area contributed by atoms with Crippen molar-refractivity contribution in [3.8, 4) is 0 Å². The summed E-state index contributed by atoms with van der Waals surface area (Å²) in [5.41, 5.74) is 6.68. The molecule has 0 amide bonds. The van der Waals surface area contributed by atoms with Crippen molar-refractivity contribution in [3.63, 3.8) is 0 Å². The molecule has 0 radical (unpaired) electrons. The minimum Gasteiger partial charge on any atom is -0.396 e. The highest BCUT2D eigenvalue weighted by atomic mass is 35.5. The Morgan fingerprint density at radius 3 is 2.88 bits per heavy atom. The second kappa shape index (κ2) is 4.50. The van der Waals surface area contributed by atoms with Gasteiger partial charge < -0.3 is 10.6 Å². The molecule has 0 spiro atoms. The molecule has 0 bridgehead atoms. The van der Waals surface area contributed by atoms with Gasteiger partial charge in [0.05, 0.1) is 5.69 Å². The summed E-state index contributed by atoms with van der Waals surface area (Å²) >= 11 is 5.93. The van der Waals surface area contributed by atoms with Gasteiger partial charge in [0.15, 0.2) is 5.82 Å². The second-order valence-electron chi connectivity index (χ2n) is 4.73. The number of nitrogens with zero attached hydrogens (tertiary/aromatic N) is 2.